The lowest BCUT2D eigenvalue weighted by atomic mass is 10.2. The van der Waals surface area contributed by atoms with E-state index in [0.29, 0.717) is 19.2 Å². The monoisotopic (exact) mass is 229 g/mol. The standard InChI is InChI=1S/C11H23N3O2/c1-9(8-16-3)13-11(15)7-14-5-4-12-6-10(14)2/h9-10,12H,4-8H2,1-3H3,(H,13,15)/t9?,10-/m0/s1. The summed E-state index contributed by atoms with van der Waals surface area (Å²) in [5, 5.41) is 6.23. The minimum absolute atomic E-state index is 0.0794. The Morgan fingerprint density at radius 2 is 2.44 bits per heavy atom. The predicted octanol–water partition coefficient (Wildman–Crippen LogP) is -0.569. The summed E-state index contributed by atoms with van der Waals surface area (Å²) in [6, 6.07) is 0.507. The summed E-state index contributed by atoms with van der Waals surface area (Å²) >= 11 is 0. The molecule has 0 aromatic heterocycles. The Balaban J connectivity index is 2.27. The smallest absolute Gasteiger partial charge is 0.234 e. The van der Waals surface area contributed by atoms with E-state index in [0.717, 1.165) is 19.6 Å². The quantitative estimate of drug-likeness (QED) is 0.663. The summed E-state index contributed by atoms with van der Waals surface area (Å²) < 4.78 is 4.98. The minimum atomic E-state index is 0.0794. The van der Waals surface area contributed by atoms with E-state index in [-0.39, 0.29) is 11.9 Å². The van der Waals surface area contributed by atoms with E-state index in [1.54, 1.807) is 7.11 Å². The van der Waals surface area contributed by atoms with Crippen molar-refractivity contribution in [1.82, 2.24) is 15.5 Å². The van der Waals surface area contributed by atoms with Gasteiger partial charge < -0.3 is 15.4 Å². The molecule has 1 aliphatic rings. The van der Waals surface area contributed by atoms with Crippen LogP contribution in [0.15, 0.2) is 0 Å². The topological polar surface area (TPSA) is 53.6 Å². The molecule has 0 bridgehead atoms. The van der Waals surface area contributed by atoms with Crippen LogP contribution < -0.4 is 10.6 Å². The normalized spacial score (nSPS) is 24.1. The van der Waals surface area contributed by atoms with Crippen LogP contribution in [-0.4, -0.2) is 62.8 Å². The third kappa shape index (κ3) is 4.47. The average molecular weight is 229 g/mol. The Labute approximate surface area is 97.5 Å². The van der Waals surface area contributed by atoms with Crippen molar-refractivity contribution in [2.24, 2.45) is 0 Å². The van der Waals surface area contributed by atoms with E-state index in [4.69, 9.17) is 4.74 Å². The van der Waals surface area contributed by atoms with Crippen LogP contribution in [0.5, 0.6) is 0 Å². The van der Waals surface area contributed by atoms with Gasteiger partial charge in [-0.2, -0.15) is 0 Å². The van der Waals surface area contributed by atoms with Crippen molar-refractivity contribution in [3.8, 4) is 0 Å². The van der Waals surface area contributed by atoms with Gasteiger partial charge in [-0.3, -0.25) is 9.69 Å². The molecule has 5 heteroatoms. The maximum atomic E-state index is 11.7. The zero-order valence-electron chi connectivity index (χ0n) is 10.5. The van der Waals surface area contributed by atoms with Crippen molar-refractivity contribution in [1.29, 1.82) is 0 Å². The van der Waals surface area contributed by atoms with Gasteiger partial charge in [-0.25, -0.2) is 0 Å². The number of nitrogens with zero attached hydrogens (tertiary/aromatic N) is 1. The van der Waals surface area contributed by atoms with E-state index in [1.165, 1.54) is 0 Å². The molecule has 2 atom stereocenters. The van der Waals surface area contributed by atoms with Gasteiger partial charge in [0.25, 0.3) is 0 Å². The zero-order chi connectivity index (χ0) is 12.0. The summed E-state index contributed by atoms with van der Waals surface area (Å²) in [6.45, 7) is 7.99. The third-order valence-corrected chi connectivity index (χ3v) is 2.81. The highest BCUT2D eigenvalue weighted by Crippen LogP contribution is 2.01. The van der Waals surface area contributed by atoms with Crippen molar-refractivity contribution >= 4 is 5.91 Å². The van der Waals surface area contributed by atoms with Gasteiger partial charge in [0.1, 0.15) is 0 Å². The molecule has 0 aliphatic carbocycles. The number of nitrogens with one attached hydrogen (secondary N) is 2. The second-order valence-corrected chi connectivity index (χ2v) is 4.45. The molecule has 94 valence electrons. The van der Waals surface area contributed by atoms with Crippen molar-refractivity contribution in [3.05, 3.63) is 0 Å². The van der Waals surface area contributed by atoms with Crippen molar-refractivity contribution in [2.75, 3.05) is 39.9 Å². The molecule has 16 heavy (non-hydrogen) atoms. The molecule has 1 rings (SSSR count). The first-order valence-electron chi connectivity index (χ1n) is 5.86. The minimum Gasteiger partial charge on any atom is -0.383 e. The van der Waals surface area contributed by atoms with E-state index >= 15 is 0 Å². The van der Waals surface area contributed by atoms with Crippen molar-refractivity contribution in [2.45, 2.75) is 25.9 Å². The summed E-state index contributed by atoms with van der Waals surface area (Å²) in [5.41, 5.74) is 0. The number of hydrogen-bond donors (Lipinski definition) is 2. The summed E-state index contributed by atoms with van der Waals surface area (Å²) in [5.74, 6) is 0.0818. The van der Waals surface area contributed by atoms with Crippen LogP contribution in [-0.2, 0) is 9.53 Å². The van der Waals surface area contributed by atoms with Crippen LogP contribution in [0.2, 0.25) is 0 Å². The molecule has 0 aromatic rings. The fraction of sp³-hybridized carbons (Fsp3) is 0.909. The molecule has 0 saturated carbocycles. The molecule has 5 nitrogen and oxygen atoms in total. The van der Waals surface area contributed by atoms with E-state index < -0.39 is 0 Å². The van der Waals surface area contributed by atoms with E-state index in [1.807, 2.05) is 6.92 Å². The molecule has 0 spiro atoms. The first-order valence-corrected chi connectivity index (χ1v) is 5.86. The maximum absolute atomic E-state index is 11.7. The predicted molar refractivity (Wildman–Crippen MR) is 63.4 cm³/mol. The highest BCUT2D eigenvalue weighted by molar-refractivity contribution is 5.78. The Morgan fingerprint density at radius 1 is 1.69 bits per heavy atom. The van der Waals surface area contributed by atoms with Crippen LogP contribution in [0.3, 0.4) is 0 Å². The van der Waals surface area contributed by atoms with Crippen LogP contribution in [0.25, 0.3) is 0 Å². The molecular formula is C11H23N3O2. The molecule has 1 aliphatic heterocycles. The SMILES string of the molecule is COCC(C)NC(=O)CN1CCNC[C@@H]1C. The summed E-state index contributed by atoms with van der Waals surface area (Å²) in [4.78, 5) is 13.9. The number of methoxy groups -OCH3 is 1. The molecular weight excluding hydrogens is 206 g/mol. The van der Waals surface area contributed by atoms with Gasteiger partial charge in [-0.15, -0.1) is 0 Å². The fourth-order valence-electron chi connectivity index (χ4n) is 1.91. The Morgan fingerprint density at radius 3 is 3.06 bits per heavy atom. The lowest BCUT2D eigenvalue weighted by Gasteiger charge is -2.33. The second-order valence-electron chi connectivity index (χ2n) is 4.45. The third-order valence-electron chi connectivity index (χ3n) is 2.81. The first-order chi connectivity index (χ1) is 7.63. The van der Waals surface area contributed by atoms with Gasteiger partial charge in [0.2, 0.25) is 5.91 Å². The van der Waals surface area contributed by atoms with Crippen molar-refractivity contribution in [3.63, 3.8) is 0 Å². The molecule has 1 amide bonds. The Bertz CT molecular complexity index is 223. The molecule has 0 radical (unpaired) electrons. The van der Waals surface area contributed by atoms with Gasteiger partial charge >= 0.3 is 0 Å². The molecule has 1 unspecified atom stereocenters. The summed E-state index contributed by atoms with van der Waals surface area (Å²) in [6.07, 6.45) is 0. The number of carbonyl (C=O) groups excluding carboxylic acids is 1. The molecule has 1 fully saturated rings. The maximum Gasteiger partial charge on any atom is 0.234 e. The molecule has 1 saturated heterocycles. The average Bonchev–Trinajstić information content (AvgIpc) is 2.21. The van der Waals surface area contributed by atoms with Gasteiger partial charge in [-0.05, 0) is 13.8 Å². The number of rotatable bonds is 5. The van der Waals surface area contributed by atoms with Crippen LogP contribution in [0.1, 0.15) is 13.8 Å². The highest BCUT2D eigenvalue weighted by atomic mass is 16.5. The Kier molecular flexibility index (Phi) is 5.73. The number of ether oxygens (including phenoxy) is 1. The summed E-state index contributed by atoms with van der Waals surface area (Å²) in [7, 11) is 1.64. The highest BCUT2D eigenvalue weighted by Gasteiger charge is 2.20. The number of piperazine rings is 1. The van der Waals surface area contributed by atoms with Crippen LogP contribution >= 0.6 is 0 Å². The molecule has 0 aromatic carbocycles. The Hall–Kier alpha value is -0.650. The van der Waals surface area contributed by atoms with E-state index in [2.05, 4.69) is 22.5 Å². The largest absolute Gasteiger partial charge is 0.383 e. The van der Waals surface area contributed by atoms with Gasteiger partial charge in [-0.1, -0.05) is 0 Å². The lowest BCUT2D eigenvalue weighted by molar-refractivity contribution is -0.123. The molecule has 2 N–H and O–H groups in total. The number of amides is 1. The van der Waals surface area contributed by atoms with Gasteiger partial charge in [0, 0.05) is 38.8 Å². The zero-order valence-corrected chi connectivity index (χ0v) is 10.5. The molecule has 1 heterocycles. The van der Waals surface area contributed by atoms with Gasteiger partial charge in [0.05, 0.1) is 13.2 Å². The van der Waals surface area contributed by atoms with Crippen LogP contribution in [0, 0.1) is 0 Å². The van der Waals surface area contributed by atoms with Crippen LogP contribution in [0.4, 0.5) is 0 Å². The van der Waals surface area contributed by atoms with E-state index in [9.17, 15) is 4.79 Å². The fourth-order valence-corrected chi connectivity index (χ4v) is 1.91. The van der Waals surface area contributed by atoms with Gasteiger partial charge in [0.15, 0.2) is 0 Å². The first kappa shape index (κ1) is 13.4. The van der Waals surface area contributed by atoms with Crippen molar-refractivity contribution < 1.29 is 9.53 Å². The number of carbonyl (C=O) groups is 1. The lowest BCUT2D eigenvalue weighted by Crippen LogP contribution is -2.53. The second kappa shape index (κ2) is 6.83. The number of hydrogen-bond acceptors (Lipinski definition) is 4.